The van der Waals surface area contributed by atoms with E-state index in [1.165, 1.54) is 0 Å². The molecule has 128 valence electrons. The van der Waals surface area contributed by atoms with Crippen molar-refractivity contribution in [3.8, 4) is 11.5 Å². The van der Waals surface area contributed by atoms with Gasteiger partial charge in [-0.1, -0.05) is 24.6 Å². The van der Waals surface area contributed by atoms with Gasteiger partial charge in [-0.25, -0.2) is 0 Å². The first-order chi connectivity index (χ1) is 11.4. The fourth-order valence-electron chi connectivity index (χ4n) is 2.48. The number of benzene rings is 2. The highest BCUT2D eigenvalue weighted by Crippen LogP contribution is 2.28. The number of nitrogens with one attached hydrogen (secondary N) is 1. The molecule has 2 aromatic carbocycles. The number of halogens is 1. The molecule has 0 aromatic heterocycles. The normalized spacial score (nSPS) is 11.7. The maximum Gasteiger partial charge on any atom is 0.227 e. The Morgan fingerprint density at radius 1 is 1.12 bits per heavy atom. The van der Waals surface area contributed by atoms with Crippen LogP contribution < -0.4 is 14.8 Å². The van der Waals surface area contributed by atoms with Crippen molar-refractivity contribution in [2.45, 2.75) is 20.3 Å². The number of carbonyl (C=O) groups excluding carboxylic acids is 1. The molecule has 4 nitrogen and oxygen atoms in total. The summed E-state index contributed by atoms with van der Waals surface area (Å²) in [7, 11) is 3.20. The maximum absolute atomic E-state index is 12.4. The SMILES string of the molecule is COc1ccc(CC(C)C(=O)Nc2ccc(Cl)cc2C)cc1OC. The number of ether oxygens (including phenoxy) is 2. The van der Waals surface area contributed by atoms with Gasteiger partial charge < -0.3 is 14.8 Å². The van der Waals surface area contributed by atoms with E-state index < -0.39 is 0 Å². The lowest BCUT2D eigenvalue weighted by Crippen LogP contribution is -2.22. The molecule has 0 saturated heterocycles. The third kappa shape index (κ3) is 4.42. The third-order valence-corrected chi connectivity index (χ3v) is 4.12. The molecule has 0 radical (unpaired) electrons. The van der Waals surface area contributed by atoms with Crippen LogP contribution in [0.2, 0.25) is 5.02 Å². The highest BCUT2D eigenvalue weighted by atomic mass is 35.5. The van der Waals surface area contributed by atoms with Crippen molar-refractivity contribution >= 4 is 23.2 Å². The second-order valence-corrected chi connectivity index (χ2v) is 6.18. The van der Waals surface area contributed by atoms with Crippen molar-refractivity contribution in [3.63, 3.8) is 0 Å². The number of anilines is 1. The highest BCUT2D eigenvalue weighted by Gasteiger charge is 2.16. The molecule has 2 rings (SSSR count). The standard InChI is InChI=1S/C19H22ClNO3/c1-12-10-15(20)6-7-16(12)21-19(22)13(2)9-14-5-8-17(23-3)18(11-14)24-4/h5-8,10-11,13H,9H2,1-4H3,(H,21,22). The fourth-order valence-corrected chi connectivity index (χ4v) is 2.70. The Morgan fingerprint density at radius 2 is 1.83 bits per heavy atom. The predicted octanol–water partition coefficient (Wildman–Crippen LogP) is 4.48. The first-order valence-corrected chi connectivity index (χ1v) is 8.10. The summed E-state index contributed by atoms with van der Waals surface area (Å²) in [4.78, 5) is 12.4. The molecule has 0 spiro atoms. The number of methoxy groups -OCH3 is 2. The van der Waals surface area contributed by atoms with Crippen molar-refractivity contribution in [1.29, 1.82) is 0 Å². The summed E-state index contributed by atoms with van der Waals surface area (Å²) in [6.45, 7) is 3.82. The molecule has 0 aliphatic carbocycles. The second-order valence-electron chi connectivity index (χ2n) is 5.74. The molecule has 5 heteroatoms. The summed E-state index contributed by atoms with van der Waals surface area (Å²) < 4.78 is 10.5. The average Bonchev–Trinajstić information content (AvgIpc) is 2.57. The summed E-state index contributed by atoms with van der Waals surface area (Å²) >= 11 is 5.94. The van der Waals surface area contributed by atoms with Crippen LogP contribution in [0.1, 0.15) is 18.1 Å². The molecule has 0 saturated carbocycles. The zero-order valence-corrected chi connectivity index (χ0v) is 15.1. The molecule has 24 heavy (non-hydrogen) atoms. The summed E-state index contributed by atoms with van der Waals surface area (Å²) in [6, 6.07) is 11.1. The Balaban J connectivity index is 2.06. The minimum absolute atomic E-state index is 0.0322. The topological polar surface area (TPSA) is 47.6 Å². The van der Waals surface area contributed by atoms with Gasteiger partial charge in [-0.3, -0.25) is 4.79 Å². The van der Waals surface area contributed by atoms with Crippen molar-refractivity contribution in [1.82, 2.24) is 0 Å². The molecule has 0 bridgehead atoms. The summed E-state index contributed by atoms with van der Waals surface area (Å²) in [6.07, 6.45) is 0.610. The lowest BCUT2D eigenvalue weighted by atomic mass is 9.99. The van der Waals surface area contributed by atoms with Gasteiger partial charge >= 0.3 is 0 Å². The first kappa shape index (κ1) is 18.1. The van der Waals surface area contributed by atoms with E-state index in [2.05, 4.69) is 5.32 Å². The van der Waals surface area contributed by atoms with Gasteiger partial charge in [0.2, 0.25) is 5.91 Å². The number of rotatable bonds is 6. The lowest BCUT2D eigenvalue weighted by Gasteiger charge is -2.15. The largest absolute Gasteiger partial charge is 0.493 e. The summed E-state index contributed by atoms with van der Waals surface area (Å²) in [5, 5.41) is 3.61. The molecule has 0 heterocycles. The molecular weight excluding hydrogens is 326 g/mol. The first-order valence-electron chi connectivity index (χ1n) is 7.72. The third-order valence-electron chi connectivity index (χ3n) is 3.88. The molecule has 1 N–H and O–H groups in total. The van der Waals surface area contributed by atoms with Gasteiger partial charge in [0.25, 0.3) is 0 Å². The van der Waals surface area contributed by atoms with E-state index in [1.54, 1.807) is 20.3 Å². The zero-order valence-electron chi connectivity index (χ0n) is 14.4. The Labute approximate surface area is 147 Å². The van der Waals surface area contributed by atoms with Crippen LogP contribution in [-0.4, -0.2) is 20.1 Å². The van der Waals surface area contributed by atoms with Crippen molar-refractivity contribution in [2.75, 3.05) is 19.5 Å². The van der Waals surface area contributed by atoms with Crippen molar-refractivity contribution in [2.24, 2.45) is 5.92 Å². The van der Waals surface area contributed by atoms with Gasteiger partial charge in [0.1, 0.15) is 0 Å². The van der Waals surface area contributed by atoms with Gasteiger partial charge in [-0.2, -0.15) is 0 Å². The average molecular weight is 348 g/mol. The number of hydrogen-bond acceptors (Lipinski definition) is 3. The molecule has 0 aliphatic heterocycles. The van der Waals surface area contributed by atoms with Crippen LogP contribution in [-0.2, 0) is 11.2 Å². The quantitative estimate of drug-likeness (QED) is 0.837. The maximum atomic E-state index is 12.4. The van der Waals surface area contributed by atoms with E-state index in [4.69, 9.17) is 21.1 Å². The highest BCUT2D eigenvalue weighted by molar-refractivity contribution is 6.30. The Hall–Kier alpha value is -2.20. The smallest absolute Gasteiger partial charge is 0.227 e. The molecule has 0 fully saturated rings. The van der Waals surface area contributed by atoms with Gasteiger partial charge in [0, 0.05) is 16.6 Å². The van der Waals surface area contributed by atoms with Gasteiger partial charge in [-0.05, 0) is 54.8 Å². The van der Waals surface area contributed by atoms with Gasteiger partial charge in [-0.15, -0.1) is 0 Å². The summed E-state index contributed by atoms with van der Waals surface area (Å²) in [5.74, 6) is 1.12. The molecule has 2 aromatic rings. The molecular formula is C19H22ClNO3. The molecule has 1 unspecified atom stereocenters. The Kier molecular flexibility index (Phi) is 6.10. The van der Waals surface area contributed by atoms with E-state index in [-0.39, 0.29) is 11.8 Å². The van der Waals surface area contributed by atoms with Crippen LogP contribution in [0.15, 0.2) is 36.4 Å². The van der Waals surface area contributed by atoms with Crippen LogP contribution in [0, 0.1) is 12.8 Å². The number of aryl methyl sites for hydroxylation is 1. The van der Waals surface area contributed by atoms with E-state index >= 15 is 0 Å². The van der Waals surface area contributed by atoms with E-state index in [9.17, 15) is 4.79 Å². The van der Waals surface area contributed by atoms with Crippen molar-refractivity contribution < 1.29 is 14.3 Å². The predicted molar refractivity (Wildman–Crippen MR) is 97.2 cm³/mol. The Bertz CT molecular complexity index is 731. The zero-order chi connectivity index (χ0) is 17.7. The van der Waals surface area contributed by atoms with Crippen molar-refractivity contribution in [3.05, 3.63) is 52.5 Å². The number of hydrogen-bond donors (Lipinski definition) is 1. The van der Waals surface area contributed by atoms with E-state index in [0.717, 1.165) is 16.8 Å². The van der Waals surface area contributed by atoms with E-state index in [0.29, 0.717) is 22.9 Å². The van der Waals surface area contributed by atoms with Crippen LogP contribution in [0.5, 0.6) is 11.5 Å². The fraction of sp³-hybridized carbons (Fsp3) is 0.316. The van der Waals surface area contributed by atoms with Crippen LogP contribution >= 0.6 is 11.6 Å². The van der Waals surface area contributed by atoms with Crippen LogP contribution in [0.25, 0.3) is 0 Å². The monoisotopic (exact) mass is 347 g/mol. The molecule has 0 aliphatic rings. The minimum Gasteiger partial charge on any atom is -0.493 e. The summed E-state index contributed by atoms with van der Waals surface area (Å²) in [5.41, 5.74) is 2.74. The molecule has 1 atom stereocenters. The Morgan fingerprint density at radius 3 is 2.46 bits per heavy atom. The van der Waals surface area contributed by atoms with E-state index in [1.807, 2.05) is 44.2 Å². The van der Waals surface area contributed by atoms with Gasteiger partial charge in [0.15, 0.2) is 11.5 Å². The number of carbonyl (C=O) groups is 1. The van der Waals surface area contributed by atoms with Gasteiger partial charge in [0.05, 0.1) is 14.2 Å². The number of amides is 1. The lowest BCUT2D eigenvalue weighted by molar-refractivity contribution is -0.119. The minimum atomic E-state index is -0.182. The molecule has 1 amide bonds. The van der Waals surface area contributed by atoms with Crippen LogP contribution in [0.3, 0.4) is 0 Å². The van der Waals surface area contributed by atoms with Crippen LogP contribution in [0.4, 0.5) is 5.69 Å². The second kappa shape index (κ2) is 8.06.